The molecule has 3 aromatic rings. The zero-order valence-corrected chi connectivity index (χ0v) is 16.5. The lowest BCUT2D eigenvalue weighted by atomic mass is 9.96. The Morgan fingerprint density at radius 2 is 2.10 bits per heavy atom. The molecular weight excluding hydrogens is 401 g/mol. The van der Waals surface area contributed by atoms with Crippen molar-refractivity contribution in [3.63, 3.8) is 0 Å². The minimum Gasteiger partial charge on any atom is -0.452 e. The molecule has 8 nitrogen and oxygen atoms in total. The molecule has 1 aromatic carbocycles. The van der Waals surface area contributed by atoms with E-state index < -0.39 is 30.1 Å². The van der Waals surface area contributed by atoms with Crippen molar-refractivity contribution in [3.8, 4) is 0 Å². The van der Waals surface area contributed by atoms with Gasteiger partial charge in [0.25, 0.3) is 0 Å². The lowest BCUT2D eigenvalue weighted by molar-refractivity contribution is -0.0469. The van der Waals surface area contributed by atoms with Crippen molar-refractivity contribution in [3.05, 3.63) is 47.4 Å². The van der Waals surface area contributed by atoms with Gasteiger partial charge in [0, 0.05) is 0 Å². The van der Waals surface area contributed by atoms with Gasteiger partial charge >= 0.3 is 5.97 Å². The number of rotatable bonds is 4. The number of esters is 1. The summed E-state index contributed by atoms with van der Waals surface area (Å²) in [5.74, 6) is -0.686. The van der Waals surface area contributed by atoms with E-state index in [-0.39, 0.29) is 22.3 Å². The lowest BCUT2D eigenvalue weighted by Gasteiger charge is -2.27. The molecule has 0 spiro atoms. The van der Waals surface area contributed by atoms with Crippen molar-refractivity contribution in [2.24, 2.45) is 0 Å². The first-order valence-corrected chi connectivity index (χ1v) is 9.46. The predicted molar refractivity (Wildman–Crippen MR) is 104 cm³/mol. The van der Waals surface area contributed by atoms with Crippen LogP contribution in [0.3, 0.4) is 0 Å². The summed E-state index contributed by atoms with van der Waals surface area (Å²) in [5.41, 5.74) is 4.46. The molecule has 0 amide bonds. The zero-order valence-electron chi connectivity index (χ0n) is 15.8. The Balaban J connectivity index is 1.69. The Bertz CT molecular complexity index is 1060. The average Bonchev–Trinajstić information content (AvgIpc) is 3.21. The van der Waals surface area contributed by atoms with Crippen LogP contribution in [0.1, 0.15) is 36.9 Å². The second-order valence-electron chi connectivity index (χ2n) is 6.97. The summed E-state index contributed by atoms with van der Waals surface area (Å²) < 4.78 is 28.9. The van der Waals surface area contributed by atoms with Gasteiger partial charge in [-0.15, -0.1) is 0 Å². The average molecular weight is 420 g/mol. The summed E-state index contributed by atoms with van der Waals surface area (Å²) in [7, 11) is 0. The third-order valence-electron chi connectivity index (χ3n) is 4.98. The van der Waals surface area contributed by atoms with Gasteiger partial charge in [0.2, 0.25) is 5.95 Å². The number of hydrogen-bond donors (Lipinski definition) is 1. The van der Waals surface area contributed by atoms with Gasteiger partial charge in [0.05, 0.1) is 11.9 Å². The molecule has 2 aromatic heterocycles. The van der Waals surface area contributed by atoms with Gasteiger partial charge in [-0.3, -0.25) is 4.57 Å². The van der Waals surface area contributed by atoms with Gasteiger partial charge in [-0.25, -0.2) is 14.2 Å². The third-order valence-corrected chi connectivity index (χ3v) is 5.24. The number of imidazole rings is 1. The molecule has 4 atom stereocenters. The number of benzene rings is 1. The van der Waals surface area contributed by atoms with Crippen LogP contribution < -0.4 is 5.73 Å². The van der Waals surface area contributed by atoms with Crippen LogP contribution in [-0.2, 0) is 9.47 Å². The normalized spacial score (nSPS) is 26.7. The van der Waals surface area contributed by atoms with E-state index in [4.69, 9.17) is 26.8 Å². The number of carbonyl (C=O) groups is 1. The van der Waals surface area contributed by atoms with E-state index in [2.05, 4.69) is 15.0 Å². The molecule has 10 heteroatoms. The van der Waals surface area contributed by atoms with E-state index in [1.165, 1.54) is 17.8 Å². The van der Waals surface area contributed by atoms with E-state index in [9.17, 15) is 4.79 Å². The summed E-state index contributed by atoms with van der Waals surface area (Å²) >= 11 is 6.06. The number of nitrogens with zero attached hydrogens (tertiary/aromatic N) is 4. The number of halogens is 2. The highest BCUT2D eigenvalue weighted by atomic mass is 35.5. The molecular formula is C19H19ClFN5O3. The minimum atomic E-state index is -2.06. The number of nitrogen functional groups attached to an aromatic ring is 1. The molecule has 1 aliphatic rings. The Kier molecular flexibility index (Phi) is 4.87. The van der Waals surface area contributed by atoms with E-state index >= 15 is 4.39 Å². The van der Waals surface area contributed by atoms with Gasteiger partial charge in [-0.2, -0.15) is 9.97 Å². The van der Waals surface area contributed by atoms with Gasteiger partial charge in [-0.05, 0) is 25.5 Å². The molecule has 1 saturated heterocycles. The fourth-order valence-electron chi connectivity index (χ4n) is 3.54. The first-order valence-electron chi connectivity index (χ1n) is 9.08. The summed E-state index contributed by atoms with van der Waals surface area (Å²) in [6.45, 7) is 3.16. The summed E-state index contributed by atoms with van der Waals surface area (Å²) in [6, 6.07) is 8.42. The maximum Gasteiger partial charge on any atom is 0.338 e. The molecule has 29 heavy (non-hydrogen) atoms. The highest BCUT2D eigenvalue weighted by Crippen LogP contribution is 2.45. The van der Waals surface area contributed by atoms with Crippen LogP contribution >= 0.6 is 11.6 Å². The number of ether oxygens (including phenoxy) is 2. The molecule has 4 rings (SSSR count). The van der Waals surface area contributed by atoms with E-state index in [1.54, 1.807) is 30.3 Å². The maximum atomic E-state index is 16.0. The second kappa shape index (κ2) is 7.23. The molecule has 3 heterocycles. The first-order chi connectivity index (χ1) is 13.8. The highest BCUT2D eigenvalue weighted by molar-refractivity contribution is 6.33. The fraction of sp³-hybridized carbons (Fsp3) is 0.368. The molecule has 0 saturated carbocycles. The number of aromatic nitrogens is 4. The topological polar surface area (TPSA) is 105 Å². The van der Waals surface area contributed by atoms with Crippen molar-refractivity contribution in [1.29, 1.82) is 0 Å². The van der Waals surface area contributed by atoms with Crippen molar-refractivity contribution in [2.45, 2.75) is 44.4 Å². The van der Waals surface area contributed by atoms with Crippen molar-refractivity contribution in [1.82, 2.24) is 19.5 Å². The highest BCUT2D eigenvalue weighted by Gasteiger charge is 2.57. The van der Waals surface area contributed by atoms with E-state index in [1.807, 2.05) is 6.92 Å². The number of nitrogens with two attached hydrogens (primary N) is 1. The SMILES string of the molecule is CC[C@H]1O[C@@H](n2cnc3c(Cl)nc(N)nc32)[C@](C)(F)[C@@H]1OC(=O)c1ccccc1. The third kappa shape index (κ3) is 3.30. The Hall–Kier alpha value is -2.78. The number of hydrogen-bond acceptors (Lipinski definition) is 7. The maximum absolute atomic E-state index is 16.0. The molecule has 1 aliphatic heterocycles. The van der Waals surface area contributed by atoms with Crippen molar-refractivity contribution < 1.29 is 18.7 Å². The first kappa shape index (κ1) is 19.5. The monoisotopic (exact) mass is 419 g/mol. The summed E-state index contributed by atoms with van der Waals surface area (Å²) in [5, 5.41) is 0.0592. The van der Waals surface area contributed by atoms with Crippen LogP contribution in [0.4, 0.5) is 10.3 Å². The molecule has 1 fully saturated rings. The van der Waals surface area contributed by atoms with Crippen LogP contribution in [-0.4, -0.2) is 43.4 Å². The number of alkyl halides is 1. The van der Waals surface area contributed by atoms with Gasteiger partial charge < -0.3 is 15.2 Å². The molecule has 0 unspecified atom stereocenters. The van der Waals surface area contributed by atoms with Crippen LogP contribution in [0.2, 0.25) is 5.15 Å². The van der Waals surface area contributed by atoms with E-state index in [0.29, 0.717) is 12.0 Å². The minimum absolute atomic E-state index is 0.0592. The summed E-state index contributed by atoms with van der Waals surface area (Å²) in [4.78, 5) is 24.6. The van der Waals surface area contributed by atoms with Crippen molar-refractivity contribution in [2.75, 3.05) is 5.73 Å². The van der Waals surface area contributed by atoms with Crippen LogP contribution in [0.5, 0.6) is 0 Å². The molecule has 2 N–H and O–H groups in total. The quantitative estimate of drug-likeness (QED) is 0.510. The molecule has 0 aliphatic carbocycles. The Labute approximate surface area is 170 Å². The lowest BCUT2D eigenvalue weighted by Crippen LogP contribution is -2.42. The standard InChI is InChI=1S/C19H19ClFN5O3/c1-3-11-13(29-16(27)10-7-5-4-6-8-10)19(2,21)17(28-11)26-9-23-12-14(20)24-18(22)25-15(12)26/h4-9,11,13,17H,3H2,1-2H3,(H2,22,24,25)/t11-,13-,17-,19-/m1/s1. The molecule has 152 valence electrons. The van der Waals surface area contributed by atoms with Crippen LogP contribution in [0.15, 0.2) is 36.7 Å². The molecule has 0 radical (unpaired) electrons. The largest absolute Gasteiger partial charge is 0.452 e. The van der Waals surface area contributed by atoms with Gasteiger partial charge in [-0.1, -0.05) is 36.7 Å². The van der Waals surface area contributed by atoms with E-state index in [0.717, 1.165) is 0 Å². The fourth-order valence-corrected chi connectivity index (χ4v) is 3.76. The summed E-state index contributed by atoms with van der Waals surface area (Å²) in [6.07, 6.45) is -1.13. The predicted octanol–water partition coefficient (Wildman–Crippen LogP) is 3.32. The van der Waals surface area contributed by atoms with Gasteiger partial charge in [0.1, 0.15) is 11.6 Å². The second-order valence-corrected chi connectivity index (χ2v) is 7.33. The zero-order chi connectivity index (χ0) is 20.8. The Morgan fingerprint density at radius 3 is 2.79 bits per heavy atom. The number of anilines is 1. The number of carbonyl (C=O) groups excluding carboxylic acids is 1. The van der Waals surface area contributed by atoms with Crippen LogP contribution in [0, 0.1) is 0 Å². The molecule has 0 bridgehead atoms. The van der Waals surface area contributed by atoms with Gasteiger partial charge in [0.15, 0.2) is 28.8 Å². The smallest absolute Gasteiger partial charge is 0.338 e. The number of fused-ring (bicyclic) bond motifs is 1. The van der Waals surface area contributed by atoms with Crippen molar-refractivity contribution >= 4 is 34.7 Å². The Morgan fingerprint density at radius 1 is 1.38 bits per heavy atom. The van der Waals surface area contributed by atoms with Crippen LogP contribution in [0.25, 0.3) is 11.2 Å².